The molecule has 60 valence electrons. The van der Waals surface area contributed by atoms with Gasteiger partial charge in [-0.25, -0.2) is 0 Å². The van der Waals surface area contributed by atoms with Crippen molar-refractivity contribution in [2.24, 2.45) is 0 Å². The van der Waals surface area contributed by atoms with Crippen LogP contribution in [0.15, 0.2) is 36.4 Å². The van der Waals surface area contributed by atoms with E-state index in [0.29, 0.717) is 11.0 Å². The lowest BCUT2D eigenvalue weighted by atomic mass is 9.88. The number of fused-ring (bicyclic) bond motifs is 1. The number of hydrogen-bond donors (Lipinski definition) is 0. The normalized spacial score (nSPS) is 10.2. The fourth-order valence-electron chi connectivity index (χ4n) is 1.44. The van der Waals surface area contributed by atoms with Crippen LogP contribution < -0.4 is 5.46 Å². The van der Waals surface area contributed by atoms with E-state index in [1.165, 1.54) is 0 Å². The molecule has 13 heavy (non-hydrogen) atoms. The van der Waals surface area contributed by atoms with Crippen LogP contribution in [-0.2, 0) is 0 Å². The highest BCUT2D eigenvalue weighted by atomic mass is 16.1. The van der Waals surface area contributed by atoms with Crippen LogP contribution in [0.5, 0.6) is 0 Å². The first kappa shape index (κ1) is 8.05. The molecule has 0 heterocycles. The van der Waals surface area contributed by atoms with Gasteiger partial charge in [0.05, 0.1) is 0 Å². The topological polar surface area (TPSA) is 17.1 Å². The second kappa shape index (κ2) is 3.06. The van der Waals surface area contributed by atoms with Crippen LogP contribution in [0.2, 0.25) is 0 Å². The van der Waals surface area contributed by atoms with Crippen molar-refractivity contribution in [3.8, 4) is 0 Å². The highest BCUT2D eigenvalue weighted by molar-refractivity contribution is 6.37. The van der Waals surface area contributed by atoms with Gasteiger partial charge in [0.25, 0.3) is 0 Å². The molecule has 2 rings (SSSR count). The third-order valence-corrected chi connectivity index (χ3v) is 2.12. The maximum atomic E-state index is 10.8. The van der Waals surface area contributed by atoms with Crippen LogP contribution in [0.1, 0.15) is 10.4 Å². The second-order valence-corrected chi connectivity index (χ2v) is 2.91. The van der Waals surface area contributed by atoms with Crippen molar-refractivity contribution in [1.29, 1.82) is 0 Å². The van der Waals surface area contributed by atoms with Gasteiger partial charge in [0, 0.05) is 5.56 Å². The molecule has 2 heteroatoms. The minimum absolute atomic E-state index is 0.536. The van der Waals surface area contributed by atoms with Crippen LogP contribution in [-0.4, -0.2) is 14.1 Å². The first-order chi connectivity index (χ1) is 6.33. The average Bonchev–Trinajstić information content (AvgIpc) is 2.18. The minimum atomic E-state index is 0.536. The van der Waals surface area contributed by atoms with Crippen LogP contribution in [0, 0.1) is 0 Å². The summed E-state index contributed by atoms with van der Waals surface area (Å²) in [5.41, 5.74) is 1.12. The van der Waals surface area contributed by atoms with E-state index in [1.807, 2.05) is 30.3 Å². The summed E-state index contributed by atoms with van der Waals surface area (Å²) < 4.78 is 0. The van der Waals surface area contributed by atoms with Crippen molar-refractivity contribution < 1.29 is 4.79 Å². The number of carbonyl (C=O) groups excluding carboxylic acids is 1. The van der Waals surface area contributed by atoms with Gasteiger partial charge in [-0.05, 0) is 10.8 Å². The highest BCUT2D eigenvalue weighted by Crippen LogP contribution is 2.14. The third-order valence-electron chi connectivity index (χ3n) is 2.12. The van der Waals surface area contributed by atoms with E-state index in [9.17, 15) is 4.79 Å². The summed E-state index contributed by atoms with van der Waals surface area (Å²) in [6.45, 7) is 0. The number of hydrogen-bond acceptors (Lipinski definition) is 1. The van der Waals surface area contributed by atoms with E-state index in [-0.39, 0.29) is 0 Å². The highest BCUT2D eigenvalue weighted by Gasteiger charge is 2.01. The molecule has 2 aromatic rings. The van der Waals surface area contributed by atoms with E-state index in [0.717, 1.165) is 17.1 Å². The molecule has 0 fully saturated rings. The smallest absolute Gasteiger partial charge is 0.150 e. The van der Waals surface area contributed by atoms with Gasteiger partial charge in [-0.15, -0.1) is 0 Å². The molecular formula is C11H7BO. The molecule has 1 nitrogen and oxygen atoms in total. The lowest BCUT2D eigenvalue weighted by molar-refractivity contribution is 0.112. The van der Waals surface area contributed by atoms with Crippen LogP contribution >= 0.6 is 0 Å². The Balaban J connectivity index is 2.91. The van der Waals surface area contributed by atoms with Gasteiger partial charge in [-0.1, -0.05) is 41.9 Å². The Morgan fingerprint density at radius 1 is 1.08 bits per heavy atom. The van der Waals surface area contributed by atoms with E-state index in [2.05, 4.69) is 0 Å². The summed E-state index contributed by atoms with van der Waals surface area (Å²) in [6.07, 6.45) is 0.803. The molecule has 0 aliphatic rings. The lowest BCUT2D eigenvalue weighted by Crippen LogP contribution is -2.09. The Hall–Kier alpha value is -1.57. The molecule has 0 unspecified atom stereocenters. The SMILES string of the molecule is [B]c1ccc2ccccc2c1C=O. The molecule has 0 aliphatic heterocycles. The first-order valence-electron chi connectivity index (χ1n) is 4.05. The summed E-state index contributed by atoms with van der Waals surface area (Å²) in [6, 6.07) is 11.4. The first-order valence-corrected chi connectivity index (χ1v) is 4.05. The predicted octanol–water partition coefficient (Wildman–Crippen LogP) is 1.45. The zero-order valence-electron chi connectivity index (χ0n) is 7.03. The van der Waals surface area contributed by atoms with Crippen LogP contribution in [0.25, 0.3) is 10.8 Å². The van der Waals surface area contributed by atoms with E-state index in [1.54, 1.807) is 6.07 Å². The molecule has 0 aliphatic carbocycles. The van der Waals surface area contributed by atoms with Gasteiger partial charge in [0.1, 0.15) is 14.1 Å². The van der Waals surface area contributed by atoms with E-state index < -0.39 is 0 Å². The third kappa shape index (κ3) is 1.24. The van der Waals surface area contributed by atoms with E-state index in [4.69, 9.17) is 7.85 Å². The van der Waals surface area contributed by atoms with Gasteiger partial charge in [0.2, 0.25) is 0 Å². The van der Waals surface area contributed by atoms with Crippen molar-refractivity contribution in [3.05, 3.63) is 42.0 Å². The van der Waals surface area contributed by atoms with Crippen LogP contribution in [0.3, 0.4) is 0 Å². The molecule has 0 bridgehead atoms. The van der Waals surface area contributed by atoms with Gasteiger partial charge < -0.3 is 0 Å². The molecule has 0 saturated heterocycles. The monoisotopic (exact) mass is 166 g/mol. The molecule has 0 atom stereocenters. The summed E-state index contributed by atoms with van der Waals surface area (Å²) in [5.74, 6) is 0. The zero-order chi connectivity index (χ0) is 9.26. The maximum absolute atomic E-state index is 10.8. The Labute approximate surface area is 77.8 Å². The number of rotatable bonds is 1. The second-order valence-electron chi connectivity index (χ2n) is 2.91. The Bertz CT molecular complexity index is 463. The standard InChI is InChI=1S/C11H7BO/c12-11-6-5-8-3-1-2-4-9(8)10(11)7-13/h1-7H. The predicted molar refractivity (Wildman–Crippen MR) is 54.7 cm³/mol. The Morgan fingerprint density at radius 2 is 1.85 bits per heavy atom. The molecule has 0 N–H and O–H groups in total. The lowest BCUT2D eigenvalue weighted by Gasteiger charge is -2.03. The van der Waals surface area contributed by atoms with Crippen molar-refractivity contribution in [2.75, 3.05) is 0 Å². The van der Waals surface area contributed by atoms with Crippen molar-refractivity contribution >= 4 is 30.4 Å². The fourth-order valence-corrected chi connectivity index (χ4v) is 1.44. The fraction of sp³-hybridized carbons (Fsp3) is 0. The van der Waals surface area contributed by atoms with Crippen molar-refractivity contribution in [2.45, 2.75) is 0 Å². The summed E-state index contributed by atoms with van der Waals surface area (Å²) >= 11 is 0. The summed E-state index contributed by atoms with van der Waals surface area (Å²) in [5, 5.41) is 1.95. The molecule has 0 spiro atoms. The Kier molecular flexibility index (Phi) is 1.89. The molecule has 2 radical (unpaired) electrons. The van der Waals surface area contributed by atoms with Gasteiger partial charge in [-0.3, -0.25) is 4.79 Å². The number of benzene rings is 2. The molecule has 0 saturated carbocycles. The van der Waals surface area contributed by atoms with Gasteiger partial charge >= 0.3 is 0 Å². The largest absolute Gasteiger partial charge is 0.298 e. The number of aldehydes is 1. The molecule has 0 amide bonds. The number of carbonyl (C=O) groups is 1. The molecule has 2 aromatic carbocycles. The molecule has 0 aromatic heterocycles. The summed E-state index contributed by atoms with van der Waals surface area (Å²) in [4.78, 5) is 10.8. The van der Waals surface area contributed by atoms with Gasteiger partial charge in [0.15, 0.2) is 0 Å². The minimum Gasteiger partial charge on any atom is -0.298 e. The zero-order valence-corrected chi connectivity index (χ0v) is 7.03. The average molecular weight is 166 g/mol. The van der Waals surface area contributed by atoms with Crippen molar-refractivity contribution in [3.63, 3.8) is 0 Å². The molecular weight excluding hydrogens is 159 g/mol. The van der Waals surface area contributed by atoms with Gasteiger partial charge in [-0.2, -0.15) is 0 Å². The Morgan fingerprint density at radius 3 is 2.62 bits per heavy atom. The quantitative estimate of drug-likeness (QED) is 0.462. The summed E-state index contributed by atoms with van der Waals surface area (Å²) in [7, 11) is 5.67. The maximum Gasteiger partial charge on any atom is 0.150 e. The van der Waals surface area contributed by atoms with E-state index >= 15 is 0 Å². The van der Waals surface area contributed by atoms with Crippen LogP contribution in [0.4, 0.5) is 0 Å². The van der Waals surface area contributed by atoms with Crippen molar-refractivity contribution in [1.82, 2.24) is 0 Å².